The predicted molar refractivity (Wildman–Crippen MR) is 86.5 cm³/mol. The summed E-state index contributed by atoms with van der Waals surface area (Å²) in [7, 11) is 0. The molecule has 0 unspecified atom stereocenters. The number of carboxylic acids is 1. The number of carboxylic acid groups (broad SMARTS) is 1. The molecule has 2 rings (SSSR count). The monoisotopic (exact) mass is 334 g/mol. The summed E-state index contributed by atoms with van der Waals surface area (Å²) in [4.78, 5) is 11.0. The molecule has 0 aliphatic heterocycles. The highest BCUT2D eigenvalue weighted by Crippen LogP contribution is 2.32. The molecule has 112 valence electrons. The Hall–Kier alpha value is -2.22. The minimum absolute atomic E-state index is 0.322. The van der Waals surface area contributed by atoms with Gasteiger partial charge in [-0.3, -0.25) is 0 Å². The van der Waals surface area contributed by atoms with Gasteiger partial charge >= 0.3 is 5.97 Å². The number of nitrogens with zero attached hydrogens (tertiary/aromatic N) is 2. The SMILES string of the molecule is Cc1cc(C=C(C#N)C(=O)O)c(C)n1-c1cccc(Cl)c1Cl. The molecule has 0 radical (unpaired) electrons. The molecule has 0 aliphatic rings. The first kappa shape index (κ1) is 16.2. The van der Waals surface area contributed by atoms with Gasteiger partial charge in [0.25, 0.3) is 0 Å². The van der Waals surface area contributed by atoms with E-state index in [0.29, 0.717) is 21.3 Å². The lowest BCUT2D eigenvalue weighted by Gasteiger charge is -2.12. The average Bonchev–Trinajstić information content (AvgIpc) is 2.74. The number of hydrogen-bond donors (Lipinski definition) is 1. The first-order valence-electron chi connectivity index (χ1n) is 6.35. The molecule has 1 aromatic carbocycles. The van der Waals surface area contributed by atoms with Gasteiger partial charge in [0.15, 0.2) is 0 Å². The Morgan fingerprint density at radius 3 is 2.64 bits per heavy atom. The second-order valence-electron chi connectivity index (χ2n) is 4.71. The maximum absolute atomic E-state index is 11.0. The minimum Gasteiger partial charge on any atom is -0.477 e. The third-order valence-corrected chi connectivity index (χ3v) is 4.10. The molecule has 1 N–H and O–H groups in total. The van der Waals surface area contributed by atoms with Crippen molar-refractivity contribution in [3.8, 4) is 11.8 Å². The lowest BCUT2D eigenvalue weighted by Crippen LogP contribution is -2.01. The van der Waals surface area contributed by atoms with Gasteiger partial charge in [-0.15, -0.1) is 0 Å². The number of hydrogen-bond acceptors (Lipinski definition) is 2. The van der Waals surface area contributed by atoms with Crippen LogP contribution in [0.15, 0.2) is 29.8 Å². The fourth-order valence-corrected chi connectivity index (χ4v) is 2.65. The fourth-order valence-electron chi connectivity index (χ4n) is 2.27. The standard InChI is InChI=1S/C16H12Cl2N2O2/c1-9-6-11(7-12(8-19)16(21)22)10(2)20(9)14-5-3-4-13(17)15(14)18/h3-7H,1-2H3,(H,21,22). The maximum atomic E-state index is 11.0. The summed E-state index contributed by atoms with van der Waals surface area (Å²) < 4.78 is 1.87. The lowest BCUT2D eigenvalue weighted by atomic mass is 10.1. The van der Waals surface area contributed by atoms with Gasteiger partial charge in [-0.05, 0) is 43.7 Å². The van der Waals surface area contributed by atoms with Crippen LogP contribution in [-0.2, 0) is 4.79 Å². The quantitative estimate of drug-likeness (QED) is 0.668. The minimum atomic E-state index is -1.26. The largest absolute Gasteiger partial charge is 0.477 e. The third kappa shape index (κ3) is 2.87. The van der Waals surface area contributed by atoms with E-state index in [1.165, 1.54) is 6.08 Å². The van der Waals surface area contributed by atoms with Crippen LogP contribution in [0.2, 0.25) is 10.0 Å². The number of nitriles is 1. The number of rotatable bonds is 3. The van der Waals surface area contributed by atoms with E-state index in [0.717, 1.165) is 11.4 Å². The summed E-state index contributed by atoms with van der Waals surface area (Å²) in [6, 6.07) is 8.78. The van der Waals surface area contributed by atoms with Gasteiger partial charge in [-0.2, -0.15) is 5.26 Å². The van der Waals surface area contributed by atoms with Crippen LogP contribution in [0.1, 0.15) is 17.0 Å². The van der Waals surface area contributed by atoms with Crippen molar-refractivity contribution >= 4 is 35.2 Å². The third-order valence-electron chi connectivity index (χ3n) is 3.29. The second kappa shape index (κ2) is 6.27. The van der Waals surface area contributed by atoms with Gasteiger partial charge in [0.05, 0.1) is 15.7 Å². The molecule has 0 saturated carbocycles. The summed E-state index contributed by atoms with van der Waals surface area (Å²) in [5.41, 5.74) is 2.66. The molecule has 0 saturated heterocycles. The van der Waals surface area contributed by atoms with Crippen molar-refractivity contribution in [3.05, 3.63) is 56.8 Å². The topological polar surface area (TPSA) is 66.0 Å². The summed E-state index contributed by atoms with van der Waals surface area (Å²) in [6.07, 6.45) is 1.35. The molecule has 1 heterocycles. The molecule has 0 bridgehead atoms. The molecule has 0 amide bonds. The summed E-state index contributed by atoms with van der Waals surface area (Å²) in [5.74, 6) is -1.26. The highest BCUT2D eigenvalue weighted by Gasteiger charge is 2.15. The van der Waals surface area contributed by atoms with E-state index in [1.807, 2.05) is 24.5 Å². The molecule has 0 aliphatic carbocycles. The van der Waals surface area contributed by atoms with Gasteiger partial charge in [-0.25, -0.2) is 4.79 Å². The Bertz CT molecular complexity index is 829. The number of benzene rings is 1. The molecule has 0 atom stereocenters. The summed E-state index contributed by atoms with van der Waals surface area (Å²) >= 11 is 12.3. The van der Waals surface area contributed by atoms with Crippen molar-refractivity contribution < 1.29 is 9.90 Å². The Morgan fingerprint density at radius 2 is 2.05 bits per heavy atom. The molecular weight excluding hydrogens is 323 g/mol. The van der Waals surface area contributed by atoms with Crippen LogP contribution in [0, 0.1) is 25.2 Å². The molecule has 1 aromatic heterocycles. The first-order valence-corrected chi connectivity index (χ1v) is 7.10. The van der Waals surface area contributed by atoms with Gasteiger partial charge in [-0.1, -0.05) is 29.3 Å². The Labute approximate surface area is 137 Å². The lowest BCUT2D eigenvalue weighted by molar-refractivity contribution is -0.132. The normalized spacial score (nSPS) is 11.3. The van der Waals surface area contributed by atoms with Crippen molar-refractivity contribution in [2.45, 2.75) is 13.8 Å². The molecule has 0 fully saturated rings. The second-order valence-corrected chi connectivity index (χ2v) is 5.49. The van der Waals surface area contributed by atoms with Crippen molar-refractivity contribution in [2.75, 3.05) is 0 Å². The zero-order valence-electron chi connectivity index (χ0n) is 11.9. The van der Waals surface area contributed by atoms with E-state index in [4.69, 9.17) is 33.6 Å². The van der Waals surface area contributed by atoms with Crippen LogP contribution < -0.4 is 0 Å². The highest BCUT2D eigenvalue weighted by molar-refractivity contribution is 6.43. The highest BCUT2D eigenvalue weighted by atomic mass is 35.5. The van der Waals surface area contributed by atoms with Crippen LogP contribution >= 0.6 is 23.2 Å². The van der Waals surface area contributed by atoms with E-state index >= 15 is 0 Å². The van der Waals surface area contributed by atoms with Crippen LogP contribution in [0.4, 0.5) is 0 Å². The molecule has 2 aromatic rings. The maximum Gasteiger partial charge on any atom is 0.346 e. The average molecular weight is 335 g/mol. The van der Waals surface area contributed by atoms with Crippen molar-refractivity contribution in [2.24, 2.45) is 0 Å². The number of carbonyl (C=O) groups is 1. The van der Waals surface area contributed by atoms with E-state index in [9.17, 15) is 4.79 Å². The van der Waals surface area contributed by atoms with Crippen LogP contribution in [0.3, 0.4) is 0 Å². The summed E-state index contributed by atoms with van der Waals surface area (Å²) in [5, 5.41) is 18.7. The number of aromatic nitrogens is 1. The Morgan fingerprint density at radius 1 is 1.36 bits per heavy atom. The first-order chi connectivity index (χ1) is 10.4. The fraction of sp³-hybridized carbons (Fsp3) is 0.125. The van der Waals surface area contributed by atoms with E-state index in [1.54, 1.807) is 24.3 Å². The van der Waals surface area contributed by atoms with Gasteiger partial charge in [0.1, 0.15) is 11.6 Å². The molecular formula is C16H12Cl2N2O2. The number of aryl methyl sites for hydroxylation is 1. The van der Waals surface area contributed by atoms with E-state index in [-0.39, 0.29) is 5.57 Å². The van der Waals surface area contributed by atoms with Crippen LogP contribution in [0.25, 0.3) is 11.8 Å². The number of aliphatic carboxylic acids is 1. The Balaban J connectivity index is 2.65. The molecule has 22 heavy (non-hydrogen) atoms. The van der Waals surface area contributed by atoms with Crippen LogP contribution in [0.5, 0.6) is 0 Å². The van der Waals surface area contributed by atoms with E-state index in [2.05, 4.69) is 0 Å². The zero-order valence-corrected chi connectivity index (χ0v) is 13.4. The molecule has 4 nitrogen and oxygen atoms in total. The van der Waals surface area contributed by atoms with Crippen molar-refractivity contribution in [1.82, 2.24) is 4.57 Å². The van der Waals surface area contributed by atoms with Crippen LogP contribution in [-0.4, -0.2) is 15.6 Å². The summed E-state index contributed by atoms with van der Waals surface area (Å²) in [6.45, 7) is 3.70. The number of halogens is 2. The van der Waals surface area contributed by atoms with Crippen molar-refractivity contribution in [1.29, 1.82) is 5.26 Å². The van der Waals surface area contributed by atoms with E-state index < -0.39 is 5.97 Å². The van der Waals surface area contributed by atoms with Gasteiger partial charge in [0.2, 0.25) is 0 Å². The van der Waals surface area contributed by atoms with Gasteiger partial charge < -0.3 is 9.67 Å². The Kier molecular flexibility index (Phi) is 4.60. The van der Waals surface area contributed by atoms with Crippen molar-refractivity contribution in [3.63, 3.8) is 0 Å². The molecule has 0 spiro atoms. The molecule has 6 heteroatoms. The predicted octanol–water partition coefficient (Wildman–Crippen LogP) is 4.39. The zero-order chi connectivity index (χ0) is 16.4. The smallest absolute Gasteiger partial charge is 0.346 e. The van der Waals surface area contributed by atoms with Gasteiger partial charge in [0, 0.05) is 11.4 Å².